The number of aromatic nitrogens is 9. The molecule has 12 aromatic rings. The number of nitrogens with two attached hydrogens (primary N) is 1. The normalized spacial score (nSPS) is 11.6. The summed E-state index contributed by atoms with van der Waals surface area (Å²) in [6.07, 6.45) is 3.59. The number of hydrogen-bond donors (Lipinski definition) is 7. The number of nitrogen functional groups attached to an aromatic ring is 1. The Balaban J connectivity index is 0.000000194. The maximum atomic E-state index is 13.0. The van der Waals surface area contributed by atoms with Crippen LogP contribution in [0.2, 0.25) is 5.28 Å². The lowest BCUT2D eigenvalue weighted by molar-refractivity contribution is 0.0532. The molecule has 576 valence electrons. The zero-order valence-electron chi connectivity index (χ0n) is 62.1. The van der Waals surface area contributed by atoms with Crippen molar-refractivity contribution in [2.45, 2.75) is 132 Å². The number of fused-ring (bicyclic) bond motifs is 3. The van der Waals surface area contributed by atoms with Crippen LogP contribution in [0.25, 0.3) is 33.1 Å². The van der Waals surface area contributed by atoms with Gasteiger partial charge in [0.1, 0.15) is 51.6 Å². The van der Waals surface area contributed by atoms with Crippen LogP contribution >= 0.6 is 11.6 Å². The summed E-state index contributed by atoms with van der Waals surface area (Å²) in [6, 6.07) is 47.2. The van der Waals surface area contributed by atoms with Crippen molar-refractivity contribution < 1.29 is 58.5 Å². The summed E-state index contributed by atoms with van der Waals surface area (Å²) in [7, 11) is -5.87. The number of H-pyrrole nitrogens is 1. The van der Waals surface area contributed by atoms with Gasteiger partial charge in [-0.15, -0.1) is 0 Å². The van der Waals surface area contributed by atoms with E-state index in [1.165, 1.54) is 21.4 Å². The number of halogens is 1. The van der Waals surface area contributed by atoms with Gasteiger partial charge in [-0.3, -0.25) is 0 Å². The molecule has 8 N–H and O–H groups in total. The number of sulfone groups is 3. The van der Waals surface area contributed by atoms with Crippen molar-refractivity contribution >= 4 is 150 Å². The van der Waals surface area contributed by atoms with Crippen LogP contribution in [-0.4, -0.2) is 130 Å². The molecule has 6 aromatic heterocycles. The Kier molecular flexibility index (Phi) is 26.7. The van der Waals surface area contributed by atoms with Gasteiger partial charge in [-0.2, -0.15) is 29.9 Å². The number of anilines is 11. The highest BCUT2D eigenvalue weighted by molar-refractivity contribution is 7.92. The maximum Gasteiger partial charge on any atom is 0.420 e. The number of benzene rings is 6. The van der Waals surface area contributed by atoms with Crippen LogP contribution in [0.5, 0.6) is 17.2 Å². The molecule has 12 rings (SSSR count). The first-order valence-corrected chi connectivity index (χ1v) is 38.8. The lowest BCUT2D eigenvalue weighted by Crippen LogP contribution is -2.27. The fourth-order valence-electron chi connectivity index (χ4n) is 10.3. The molecular formula is C77H90ClN15O13S3. The van der Waals surface area contributed by atoms with Gasteiger partial charge >= 0.3 is 12.2 Å². The van der Waals surface area contributed by atoms with Gasteiger partial charge in [0.25, 0.3) is 0 Å². The first-order chi connectivity index (χ1) is 51.0. The maximum absolute atomic E-state index is 13.0. The molecule has 0 bridgehead atoms. The Morgan fingerprint density at radius 1 is 0.431 bits per heavy atom. The average Bonchev–Trinajstić information content (AvgIpc) is 1.71. The molecule has 0 saturated heterocycles. The zero-order valence-corrected chi connectivity index (χ0v) is 65.3. The smallest absolute Gasteiger partial charge is 0.420 e. The van der Waals surface area contributed by atoms with Crippen molar-refractivity contribution in [3.63, 3.8) is 0 Å². The molecule has 0 fully saturated rings. The number of carbonyl (C=O) groups is 2. The number of para-hydroxylation sites is 9. The van der Waals surface area contributed by atoms with Gasteiger partial charge in [0, 0.05) is 18.6 Å². The van der Waals surface area contributed by atoms with Gasteiger partial charge < -0.3 is 61.0 Å². The lowest BCUT2D eigenvalue weighted by atomic mass is 10.2. The van der Waals surface area contributed by atoms with E-state index in [1.54, 1.807) is 214 Å². The van der Waals surface area contributed by atoms with Crippen LogP contribution < -0.4 is 46.5 Å². The summed E-state index contributed by atoms with van der Waals surface area (Å²) >= 11 is 6.09. The van der Waals surface area contributed by atoms with E-state index < -0.39 is 68.7 Å². The van der Waals surface area contributed by atoms with Crippen molar-refractivity contribution in [2.75, 3.05) is 53.6 Å². The Morgan fingerprint density at radius 3 is 1.15 bits per heavy atom. The van der Waals surface area contributed by atoms with Gasteiger partial charge in [-0.1, -0.05) is 80.2 Å². The SMILES string of the molecule is C.CC(C)S(=O)(=O)c1ccccc1Nc1nc(Cl)nc2c1ccn2C(=O)OC(C)(C)C.COc1ccccc1N.COc1ccccc1Nc1nc(Nc2ccccc2S(=O)(=O)C(C)C)c2cc[nH]c2n1.COc1ccccc1Nc1nc(Nc2ccccc2S(=O)(=O)C(C)C)c2ccn(C(=O)OC(C)(C)C)c2n1. The standard InChI is InChI=1S/C27H31N5O5S.C22H23N5O3S.C20H23ClN4O4S.C7H9NO.CH4/c1-17(2)38(34,35)22-14-10-8-12-20(22)28-23-18-15-16-32(26(33)37-27(3,4)5)24(18)31-25(30-23)29-19-11-7-9-13-21(19)36-6;1-14(2)31(28,29)19-11-7-5-9-17(19)24-21-15-12-13-23-20(15)26-22(27-21)25-16-8-4-6-10-18(16)30-3;1-12(2)30(27,28)15-9-7-6-8-14(15)22-16-13-10-11-25(17(13)24-18(21)23-16)19(26)29-20(3,4)5;1-9-7-5-3-2-4-6(7)8;/h7-17H,1-6H3,(H2,28,29,30,31);4-14H,1-3H3,(H3,23,24,25,26,27);6-12H,1-5H3,(H,22,23,24);2-5H,8H2,1H3;1H4. The third-order valence-electron chi connectivity index (χ3n) is 15.7. The Bertz CT molecular complexity index is 5580. The summed E-state index contributed by atoms with van der Waals surface area (Å²) in [5.41, 5.74) is 8.41. The topological polar surface area (TPSA) is 372 Å². The van der Waals surface area contributed by atoms with Gasteiger partial charge in [0.15, 0.2) is 40.8 Å². The molecule has 0 radical (unpaired) electrons. The third kappa shape index (κ3) is 20.2. The van der Waals surface area contributed by atoms with E-state index in [1.807, 2.05) is 60.7 Å². The number of nitrogens with zero attached hydrogens (tertiary/aromatic N) is 8. The third-order valence-corrected chi connectivity index (χ3v) is 22.5. The lowest BCUT2D eigenvalue weighted by Gasteiger charge is -2.20. The molecule has 0 aliphatic carbocycles. The van der Waals surface area contributed by atoms with Crippen LogP contribution in [0, 0.1) is 0 Å². The number of nitrogens with one attached hydrogen (secondary N) is 6. The quantitative estimate of drug-likeness (QED) is 0.0292. The van der Waals surface area contributed by atoms with Crippen LogP contribution in [0.1, 0.15) is 90.5 Å². The molecule has 6 aromatic carbocycles. The Hall–Kier alpha value is -11.5. The van der Waals surface area contributed by atoms with Crippen molar-refractivity contribution in [2.24, 2.45) is 0 Å². The molecule has 28 nitrogen and oxygen atoms in total. The minimum absolute atomic E-state index is 0. The number of hydrogen-bond acceptors (Lipinski definition) is 25. The van der Waals surface area contributed by atoms with E-state index in [4.69, 9.17) is 41.0 Å². The fraction of sp³-hybridized carbons (Fsp3) is 0.273. The second kappa shape index (κ2) is 35.0. The van der Waals surface area contributed by atoms with Gasteiger partial charge in [-0.05, 0) is 186 Å². The molecule has 0 atom stereocenters. The molecule has 0 saturated carbocycles. The van der Waals surface area contributed by atoms with Crippen molar-refractivity contribution in [3.05, 3.63) is 188 Å². The highest BCUT2D eigenvalue weighted by Crippen LogP contribution is 2.37. The molecule has 0 unspecified atom stereocenters. The second-order valence-corrected chi connectivity index (χ2v) is 34.5. The number of rotatable bonds is 19. The van der Waals surface area contributed by atoms with E-state index >= 15 is 0 Å². The fourth-order valence-corrected chi connectivity index (χ4v) is 14.0. The van der Waals surface area contributed by atoms with Crippen LogP contribution in [0.15, 0.2) is 197 Å². The summed E-state index contributed by atoms with van der Waals surface area (Å²) in [4.78, 5) is 55.8. The monoisotopic (exact) mass is 1560 g/mol. The van der Waals surface area contributed by atoms with Crippen LogP contribution in [0.3, 0.4) is 0 Å². The van der Waals surface area contributed by atoms with Crippen LogP contribution in [-0.2, 0) is 39.0 Å². The van der Waals surface area contributed by atoms with E-state index in [2.05, 4.69) is 61.5 Å². The number of carbonyl (C=O) groups excluding carboxylic acids is 2. The molecule has 0 aliphatic heterocycles. The number of ether oxygens (including phenoxy) is 5. The molecule has 32 heteroatoms. The predicted molar refractivity (Wildman–Crippen MR) is 430 cm³/mol. The van der Waals surface area contributed by atoms with Crippen molar-refractivity contribution in [1.29, 1.82) is 0 Å². The molecule has 0 amide bonds. The first-order valence-electron chi connectivity index (χ1n) is 33.8. The number of methoxy groups -OCH3 is 3. The van der Waals surface area contributed by atoms with E-state index in [0.29, 0.717) is 79.6 Å². The largest absolute Gasteiger partial charge is 0.495 e. The molecule has 0 aliphatic rings. The summed E-state index contributed by atoms with van der Waals surface area (Å²) < 4.78 is 106. The molecule has 6 heterocycles. The van der Waals surface area contributed by atoms with E-state index in [0.717, 1.165) is 11.1 Å². The zero-order chi connectivity index (χ0) is 78.6. The van der Waals surface area contributed by atoms with E-state index in [-0.39, 0.29) is 50.5 Å². The molecule has 0 spiro atoms. The Labute approximate surface area is 639 Å². The minimum atomic E-state index is -3.59. The molecular weight excluding hydrogens is 1470 g/mol. The predicted octanol–water partition coefficient (Wildman–Crippen LogP) is 17.2. The number of aromatic amines is 1. The van der Waals surface area contributed by atoms with Crippen LogP contribution in [0.4, 0.5) is 73.1 Å². The second-order valence-electron chi connectivity index (χ2n) is 26.7. The molecule has 109 heavy (non-hydrogen) atoms. The average molecular weight is 1570 g/mol. The van der Waals surface area contributed by atoms with Gasteiger partial charge in [-0.25, -0.2) is 44.0 Å². The van der Waals surface area contributed by atoms with Crippen molar-refractivity contribution in [3.8, 4) is 17.2 Å². The Morgan fingerprint density at radius 2 is 0.771 bits per heavy atom. The summed E-state index contributed by atoms with van der Waals surface area (Å²) in [5, 5.41) is 15.6. The highest BCUT2D eigenvalue weighted by Gasteiger charge is 2.29. The van der Waals surface area contributed by atoms with E-state index in [9.17, 15) is 34.8 Å². The summed E-state index contributed by atoms with van der Waals surface area (Å²) in [5.74, 6) is 3.53. The highest BCUT2D eigenvalue weighted by atomic mass is 35.5. The van der Waals surface area contributed by atoms with Gasteiger partial charge in [0.05, 0.1) is 102 Å². The summed E-state index contributed by atoms with van der Waals surface area (Å²) in [6.45, 7) is 20.4. The van der Waals surface area contributed by atoms with Gasteiger partial charge in [0.2, 0.25) is 17.2 Å². The minimum Gasteiger partial charge on any atom is -0.495 e. The van der Waals surface area contributed by atoms with Crippen molar-refractivity contribution in [1.82, 2.24) is 44.0 Å². The first kappa shape index (κ1) is 83.1.